The van der Waals surface area contributed by atoms with Gasteiger partial charge in [0.05, 0.1) is 16.8 Å². The third kappa shape index (κ3) is 3.87. The molecule has 3 N–H and O–H groups in total. The van der Waals surface area contributed by atoms with Gasteiger partial charge < -0.3 is 15.8 Å². The summed E-state index contributed by atoms with van der Waals surface area (Å²) in [6.07, 6.45) is 3.95. The molecule has 1 aliphatic rings. The van der Waals surface area contributed by atoms with Crippen molar-refractivity contribution in [3.05, 3.63) is 28.8 Å². The topological polar surface area (TPSA) is 47.3 Å². The lowest BCUT2D eigenvalue weighted by Crippen LogP contribution is -2.19. The molecular formula is C13H19ClN2O. The van der Waals surface area contributed by atoms with Crippen LogP contribution < -0.4 is 11.1 Å². The number of hydrogen-bond acceptors (Lipinski definition) is 3. The van der Waals surface area contributed by atoms with Crippen LogP contribution in [0.1, 0.15) is 24.8 Å². The van der Waals surface area contributed by atoms with Crippen LogP contribution in [0.4, 0.5) is 5.69 Å². The van der Waals surface area contributed by atoms with E-state index in [9.17, 15) is 0 Å². The van der Waals surface area contributed by atoms with Gasteiger partial charge >= 0.3 is 0 Å². The Kier molecular flexibility index (Phi) is 4.66. The second-order valence-corrected chi connectivity index (χ2v) is 4.86. The highest BCUT2D eigenvalue weighted by Gasteiger charge is 2.14. The van der Waals surface area contributed by atoms with Gasteiger partial charge in [-0.25, -0.2) is 0 Å². The van der Waals surface area contributed by atoms with E-state index in [1.165, 1.54) is 12.8 Å². The summed E-state index contributed by atoms with van der Waals surface area (Å²) in [6.45, 7) is 2.73. The van der Waals surface area contributed by atoms with Gasteiger partial charge in [0.25, 0.3) is 0 Å². The van der Waals surface area contributed by atoms with E-state index in [0.29, 0.717) is 16.8 Å². The summed E-state index contributed by atoms with van der Waals surface area (Å²) in [5, 5.41) is 4.02. The fourth-order valence-corrected chi connectivity index (χ4v) is 2.25. The molecule has 0 aromatic heterocycles. The van der Waals surface area contributed by atoms with Gasteiger partial charge in [0.1, 0.15) is 0 Å². The van der Waals surface area contributed by atoms with Crippen molar-refractivity contribution in [2.45, 2.75) is 31.9 Å². The van der Waals surface area contributed by atoms with Crippen molar-refractivity contribution in [2.75, 3.05) is 18.9 Å². The number of nitrogen functional groups attached to an aromatic ring is 1. The van der Waals surface area contributed by atoms with Crippen LogP contribution in [-0.4, -0.2) is 19.3 Å². The zero-order valence-corrected chi connectivity index (χ0v) is 10.7. The quantitative estimate of drug-likeness (QED) is 0.627. The molecule has 0 amide bonds. The summed E-state index contributed by atoms with van der Waals surface area (Å²) in [7, 11) is 0. The van der Waals surface area contributed by atoms with E-state index in [4.69, 9.17) is 22.1 Å². The summed E-state index contributed by atoms with van der Waals surface area (Å²) in [4.78, 5) is 0. The molecule has 0 saturated carbocycles. The van der Waals surface area contributed by atoms with Crippen LogP contribution in [0.25, 0.3) is 0 Å². The highest BCUT2D eigenvalue weighted by Crippen LogP contribution is 2.19. The summed E-state index contributed by atoms with van der Waals surface area (Å²) >= 11 is 5.96. The summed E-state index contributed by atoms with van der Waals surface area (Å²) in [5.41, 5.74) is 7.45. The maximum absolute atomic E-state index is 5.96. The Hall–Kier alpha value is -0.770. The number of benzene rings is 1. The van der Waals surface area contributed by atoms with Crippen molar-refractivity contribution in [3.8, 4) is 0 Å². The molecule has 0 radical (unpaired) electrons. The van der Waals surface area contributed by atoms with Crippen LogP contribution in [0.15, 0.2) is 18.2 Å². The molecule has 0 aliphatic carbocycles. The highest BCUT2D eigenvalue weighted by atomic mass is 35.5. The van der Waals surface area contributed by atoms with Crippen LogP contribution >= 0.6 is 11.6 Å². The van der Waals surface area contributed by atoms with Crippen LogP contribution in [0.5, 0.6) is 0 Å². The first-order chi connectivity index (χ1) is 8.25. The average Bonchev–Trinajstić information content (AvgIpc) is 2.82. The fourth-order valence-electron chi connectivity index (χ4n) is 2.05. The van der Waals surface area contributed by atoms with E-state index >= 15 is 0 Å². The molecule has 1 fully saturated rings. The molecule has 1 saturated heterocycles. The molecule has 94 valence electrons. The highest BCUT2D eigenvalue weighted by molar-refractivity contribution is 6.33. The van der Waals surface area contributed by atoms with Gasteiger partial charge in [0.15, 0.2) is 0 Å². The lowest BCUT2D eigenvalue weighted by molar-refractivity contribution is 0.104. The smallest absolute Gasteiger partial charge is 0.0638 e. The van der Waals surface area contributed by atoms with Crippen LogP contribution in [0.2, 0.25) is 5.02 Å². The molecule has 1 aromatic carbocycles. The molecule has 0 spiro atoms. The molecule has 4 heteroatoms. The Bertz CT molecular complexity index is 364. The van der Waals surface area contributed by atoms with E-state index in [0.717, 1.165) is 31.7 Å². The Morgan fingerprint density at radius 3 is 3.06 bits per heavy atom. The normalized spacial score (nSPS) is 19.7. The number of halogens is 1. The van der Waals surface area contributed by atoms with Gasteiger partial charge in [-0.15, -0.1) is 0 Å². The standard InChI is InChI=1S/C13H19ClN2O/c14-12-8-10(3-4-13(12)15)9-16-6-5-11-2-1-7-17-11/h3-4,8,11,16H,1-2,5-7,9,15H2. The number of hydrogen-bond donors (Lipinski definition) is 2. The summed E-state index contributed by atoms with van der Waals surface area (Å²) < 4.78 is 5.56. The molecule has 0 bridgehead atoms. The predicted molar refractivity (Wildman–Crippen MR) is 71.2 cm³/mol. The van der Waals surface area contributed by atoms with Crippen molar-refractivity contribution in [2.24, 2.45) is 0 Å². The van der Waals surface area contributed by atoms with Gasteiger partial charge in [-0.3, -0.25) is 0 Å². The molecule has 17 heavy (non-hydrogen) atoms. The molecule has 3 nitrogen and oxygen atoms in total. The zero-order chi connectivity index (χ0) is 12.1. The third-order valence-corrected chi connectivity index (χ3v) is 3.39. The molecule has 2 rings (SSSR count). The number of nitrogens with two attached hydrogens (primary N) is 1. The first-order valence-electron chi connectivity index (χ1n) is 6.12. The van der Waals surface area contributed by atoms with Gasteiger partial charge in [0, 0.05) is 13.2 Å². The fraction of sp³-hybridized carbons (Fsp3) is 0.538. The van der Waals surface area contributed by atoms with Crippen molar-refractivity contribution < 1.29 is 4.74 Å². The summed E-state index contributed by atoms with van der Waals surface area (Å²) in [5.74, 6) is 0. The van der Waals surface area contributed by atoms with Crippen molar-refractivity contribution in [1.82, 2.24) is 5.32 Å². The second kappa shape index (κ2) is 6.24. The van der Waals surface area contributed by atoms with E-state index in [2.05, 4.69) is 5.32 Å². The number of ether oxygens (including phenoxy) is 1. The second-order valence-electron chi connectivity index (χ2n) is 4.46. The predicted octanol–water partition coefficient (Wildman–Crippen LogP) is 2.58. The van der Waals surface area contributed by atoms with Gasteiger partial charge in [-0.05, 0) is 43.5 Å². The van der Waals surface area contributed by atoms with Crippen LogP contribution in [0, 0.1) is 0 Å². The number of rotatable bonds is 5. The number of anilines is 1. The van der Waals surface area contributed by atoms with E-state index < -0.39 is 0 Å². The van der Waals surface area contributed by atoms with Gasteiger partial charge in [-0.2, -0.15) is 0 Å². The monoisotopic (exact) mass is 254 g/mol. The maximum atomic E-state index is 5.96. The van der Waals surface area contributed by atoms with E-state index in [1.807, 2.05) is 18.2 Å². The number of nitrogens with one attached hydrogen (secondary N) is 1. The first-order valence-corrected chi connectivity index (χ1v) is 6.50. The van der Waals surface area contributed by atoms with Crippen LogP contribution in [-0.2, 0) is 11.3 Å². The minimum Gasteiger partial charge on any atom is -0.398 e. The minimum atomic E-state index is 0.456. The van der Waals surface area contributed by atoms with Crippen molar-refractivity contribution >= 4 is 17.3 Å². The van der Waals surface area contributed by atoms with Crippen molar-refractivity contribution in [3.63, 3.8) is 0 Å². The third-order valence-electron chi connectivity index (χ3n) is 3.06. The molecule has 1 heterocycles. The molecule has 1 unspecified atom stereocenters. The molecule has 1 atom stereocenters. The molecular weight excluding hydrogens is 236 g/mol. The lowest BCUT2D eigenvalue weighted by Gasteiger charge is -2.10. The van der Waals surface area contributed by atoms with E-state index in [-0.39, 0.29) is 0 Å². The van der Waals surface area contributed by atoms with Gasteiger partial charge in [0.2, 0.25) is 0 Å². The lowest BCUT2D eigenvalue weighted by atomic mass is 10.1. The summed E-state index contributed by atoms with van der Waals surface area (Å²) in [6, 6.07) is 5.76. The molecule has 1 aromatic rings. The SMILES string of the molecule is Nc1ccc(CNCCC2CCCO2)cc1Cl. The maximum Gasteiger partial charge on any atom is 0.0638 e. The first kappa shape index (κ1) is 12.7. The van der Waals surface area contributed by atoms with E-state index in [1.54, 1.807) is 0 Å². The Morgan fingerprint density at radius 1 is 1.47 bits per heavy atom. The molecule has 1 aliphatic heterocycles. The largest absolute Gasteiger partial charge is 0.398 e. The zero-order valence-electron chi connectivity index (χ0n) is 9.92. The van der Waals surface area contributed by atoms with Gasteiger partial charge in [-0.1, -0.05) is 17.7 Å². The average molecular weight is 255 g/mol. The Labute approximate surface area is 107 Å². The Balaban J connectivity index is 1.68. The van der Waals surface area contributed by atoms with Crippen molar-refractivity contribution in [1.29, 1.82) is 0 Å². The van der Waals surface area contributed by atoms with Crippen LogP contribution in [0.3, 0.4) is 0 Å². The Morgan fingerprint density at radius 2 is 2.35 bits per heavy atom. The minimum absolute atomic E-state index is 0.456.